The smallest absolute Gasteiger partial charge is 0.175 e. The number of nitrogens with one attached hydrogen (secondary N) is 1. The number of hydrogen-bond donors (Lipinski definition) is 1. The van der Waals surface area contributed by atoms with E-state index >= 15 is 0 Å². The van der Waals surface area contributed by atoms with E-state index in [0.29, 0.717) is 0 Å². The predicted molar refractivity (Wildman–Crippen MR) is 77.9 cm³/mol. The van der Waals surface area contributed by atoms with Crippen LogP contribution in [0.3, 0.4) is 0 Å². The maximum atomic E-state index is 13.6. The topological polar surface area (TPSA) is 46.2 Å². The molecule has 3 nitrogen and oxygen atoms in total. The summed E-state index contributed by atoms with van der Waals surface area (Å²) in [6, 6.07) is 9.39. The highest BCUT2D eigenvalue weighted by Crippen LogP contribution is 2.23. The molecule has 0 amide bonds. The van der Waals surface area contributed by atoms with E-state index in [1.54, 1.807) is 19.1 Å². The Kier molecular flexibility index (Phi) is 4.27. The quantitative estimate of drug-likeness (QED) is 0.939. The van der Waals surface area contributed by atoms with E-state index in [4.69, 9.17) is 0 Å². The maximum Gasteiger partial charge on any atom is 0.175 e. The molecule has 0 fully saturated rings. The number of anilines is 1. The molecule has 2 rings (SSSR count). The Morgan fingerprint density at radius 3 is 2.19 bits per heavy atom. The van der Waals surface area contributed by atoms with Crippen molar-refractivity contribution in [1.29, 1.82) is 0 Å². The summed E-state index contributed by atoms with van der Waals surface area (Å²) in [5.74, 6) is -1.31. The van der Waals surface area contributed by atoms with Crippen LogP contribution in [0, 0.1) is 11.6 Å². The van der Waals surface area contributed by atoms with Crippen molar-refractivity contribution in [2.45, 2.75) is 17.9 Å². The van der Waals surface area contributed by atoms with E-state index in [2.05, 4.69) is 5.32 Å². The summed E-state index contributed by atoms with van der Waals surface area (Å²) < 4.78 is 49.2. The lowest BCUT2D eigenvalue weighted by molar-refractivity contribution is 0.584. The lowest BCUT2D eigenvalue weighted by Gasteiger charge is -2.16. The van der Waals surface area contributed by atoms with Gasteiger partial charge in [-0.3, -0.25) is 0 Å². The first-order valence-corrected chi connectivity index (χ1v) is 8.18. The highest BCUT2D eigenvalue weighted by Gasteiger charge is 2.11. The molecule has 0 radical (unpaired) electrons. The fourth-order valence-electron chi connectivity index (χ4n) is 1.93. The maximum absolute atomic E-state index is 13.6. The van der Waals surface area contributed by atoms with Crippen LogP contribution in [0.1, 0.15) is 18.5 Å². The first-order chi connectivity index (χ1) is 9.77. The van der Waals surface area contributed by atoms with Gasteiger partial charge < -0.3 is 5.32 Å². The Morgan fingerprint density at radius 1 is 1.05 bits per heavy atom. The molecule has 21 heavy (non-hydrogen) atoms. The van der Waals surface area contributed by atoms with Crippen LogP contribution >= 0.6 is 0 Å². The summed E-state index contributed by atoms with van der Waals surface area (Å²) in [6.07, 6.45) is 1.14. The van der Waals surface area contributed by atoms with Crippen LogP contribution in [-0.4, -0.2) is 14.7 Å². The average molecular weight is 311 g/mol. The van der Waals surface area contributed by atoms with E-state index in [1.165, 1.54) is 24.3 Å². The van der Waals surface area contributed by atoms with Crippen molar-refractivity contribution < 1.29 is 17.2 Å². The van der Waals surface area contributed by atoms with Crippen LogP contribution in [0.2, 0.25) is 0 Å². The molecule has 2 aromatic carbocycles. The largest absolute Gasteiger partial charge is 0.376 e. The van der Waals surface area contributed by atoms with E-state index in [0.717, 1.165) is 17.9 Å². The Morgan fingerprint density at radius 2 is 1.67 bits per heavy atom. The van der Waals surface area contributed by atoms with Gasteiger partial charge in [0.1, 0.15) is 11.6 Å². The minimum absolute atomic E-state index is 0.191. The standard InChI is InChI=1S/C15H15F2NO2S/c1-10(18-15-8-5-12(16)9-14(15)17)11-3-6-13(7-4-11)21(2,19)20/h3-10,18H,1-2H3. The summed E-state index contributed by atoms with van der Waals surface area (Å²) in [4.78, 5) is 0.228. The van der Waals surface area contributed by atoms with Crippen LogP contribution in [0.25, 0.3) is 0 Å². The van der Waals surface area contributed by atoms with Gasteiger partial charge in [-0.15, -0.1) is 0 Å². The van der Waals surface area contributed by atoms with Crippen molar-refractivity contribution >= 4 is 15.5 Å². The number of benzene rings is 2. The minimum Gasteiger partial charge on any atom is -0.376 e. The molecule has 0 saturated carbocycles. The molecule has 6 heteroatoms. The first kappa shape index (κ1) is 15.4. The Labute approximate surface area is 122 Å². The van der Waals surface area contributed by atoms with Crippen LogP contribution in [0.15, 0.2) is 47.4 Å². The second-order valence-electron chi connectivity index (χ2n) is 4.83. The molecule has 112 valence electrons. The van der Waals surface area contributed by atoms with Crippen molar-refractivity contribution in [2.75, 3.05) is 11.6 Å². The molecule has 1 atom stereocenters. The molecule has 1 N–H and O–H groups in total. The zero-order valence-electron chi connectivity index (χ0n) is 11.6. The summed E-state index contributed by atoms with van der Waals surface area (Å²) in [7, 11) is -3.24. The molecule has 0 saturated heterocycles. The third kappa shape index (κ3) is 3.78. The second kappa shape index (κ2) is 5.81. The molecule has 2 aromatic rings. The molecule has 0 aromatic heterocycles. The zero-order valence-corrected chi connectivity index (χ0v) is 12.4. The average Bonchev–Trinajstić information content (AvgIpc) is 2.41. The second-order valence-corrected chi connectivity index (χ2v) is 6.85. The zero-order chi connectivity index (χ0) is 15.6. The minimum atomic E-state index is -3.24. The van der Waals surface area contributed by atoms with Crippen molar-refractivity contribution in [1.82, 2.24) is 0 Å². The highest BCUT2D eigenvalue weighted by molar-refractivity contribution is 7.90. The third-order valence-corrected chi connectivity index (χ3v) is 4.24. The van der Waals surface area contributed by atoms with Crippen LogP contribution in [0.5, 0.6) is 0 Å². The van der Waals surface area contributed by atoms with Crippen LogP contribution < -0.4 is 5.32 Å². The first-order valence-electron chi connectivity index (χ1n) is 6.29. The summed E-state index contributed by atoms with van der Waals surface area (Å²) >= 11 is 0. The lowest BCUT2D eigenvalue weighted by atomic mass is 10.1. The summed E-state index contributed by atoms with van der Waals surface area (Å²) in [5, 5.41) is 2.92. The molecule has 0 heterocycles. The van der Waals surface area contributed by atoms with E-state index < -0.39 is 21.5 Å². The van der Waals surface area contributed by atoms with Gasteiger partial charge in [-0.05, 0) is 36.8 Å². The Bertz CT molecular complexity index is 743. The number of halogens is 2. The highest BCUT2D eigenvalue weighted by atomic mass is 32.2. The number of sulfone groups is 1. The fourth-order valence-corrected chi connectivity index (χ4v) is 2.56. The van der Waals surface area contributed by atoms with Gasteiger partial charge in [-0.2, -0.15) is 0 Å². The lowest BCUT2D eigenvalue weighted by Crippen LogP contribution is -2.08. The number of rotatable bonds is 4. The summed E-state index contributed by atoms with van der Waals surface area (Å²) in [5.41, 5.74) is 0.988. The summed E-state index contributed by atoms with van der Waals surface area (Å²) in [6.45, 7) is 1.80. The molecular formula is C15H15F2NO2S. The van der Waals surface area contributed by atoms with Gasteiger partial charge in [-0.25, -0.2) is 17.2 Å². The number of hydrogen-bond acceptors (Lipinski definition) is 3. The van der Waals surface area contributed by atoms with Gasteiger partial charge in [0.25, 0.3) is 0 Å². The third-order valence-electron chi connectivity index (χ3n) is 3.11. The van der Waals surface area contributed by atoms with Crippen molar-refractivity contribution in [3.05, 3.63) is 59.7 Å². The SMILES string of the molecule is CC(Nc1ccc(F)cc1F)c1ccc(S(C)(=O)=O)cc1. The molecule has 0 aliphatic heterocycles. The molecule has 0 aliphatic carbocycles. The van der Waals surface area contributed by atoms with Gasteiger partial charge in [-0.1, -0.05) is 12.1 Å². The van der Waals surface area contributed by atoms with Crippen molar-refractivity contribution in [2.24, 2.45) is 0 Å². The normalized spacial score (nSPS) is 13.0. The van der Waals surface area contributed by atoms with E-state index in [9.17, 15) is 17.2 Å². The van der Waals surface area contributed by atoms with Gasteiger partial charge in [0.2, 0.25) is 0 Å². The van der Waals surface area contributed by atoms with Crippen LogP contribution in [-0.2, 0) is 9.84 Å². The molecule has 1 unspecified atom stereocenters. The van der Waals surface area contributed by atoms with Gasteiger partial charge in [0.15, 0.2) is 9.84 Å². The fraction of sp³-hybridized carbons (Fsp3) is 0.200. The molecule has 0 bridgehead atoms. The van der Waals surface area contributed by atoms with Crippen molar-refractivity contribution in [3.8, 4) is 0 Å². The monoisotopic (exact) mass is 311 g/mol. The predicted octanol–water partition coefficient (Wildman–Crippen LogP) is 3.54. The van der Waals surface area contributed by atoms with Crippen LogP contribution in [0.4, 0.5) is 14.5 Å². The van der Waals surface area contributed by atoms with Crippen molar-refractivity contribution in [3.63, 3.8) is 0 Å². The Hall–Kier alpha value is -1.95. The van der Waals surface area contributed by atoms with E-state index in [1.807, 2.05) is 0 Å². The Balaban J connectivity index is 2.18. The molecule has 0 spiro atoms. The van der Waals surface area contributed by atoms with E-state index in [-0.39, 0.29) is 16.6 Å². The molecular weight excluding hydrogens is 296 g/mol. The van der Waals surface area contributed by atoms with Gasteiger partial charge >= 0.3 is 0 Å². The van der Waals surface area contributed by atoms with Gasteiger partial charge in [0, 0.05) is 18.4 Å². The van der Waals surface area contributed by atoms with Gasteiger partial charge in [0.05, 0.1) is 10.6 Å². The molecule has 0 aliphatic rings.